The van der Waals surface area contributed by atoms with Crippen LogP contribution in [0.5, 0.6) is 0 Å². The van der Waals surface area contributed by atoms with Crippen molar-refractivity contribution in [1.82, 2.24) is 19.2 Å². The molecule has 0 atom stereocenters. The number of hydrogen-bond acceptors (Lipinski definition) is 5. The first-order valence-electron chi connectivity index (χ1n) is 8.05. The first kappa shape index (κ1) is 14.9. The number of benzene rings is 1. The molecule has 1 aromatic carbocycles. The molecule has 0 amide bonds. The van der Waals surface area contributed by atoms with E-state index in [1.807, 2.05) is 25.1 Å². The van der Waals surface area contributed by atoms with Gasteiger partial charge in [0.05, 0.1) is 19.8 Å². The maximum Gasteiger partial charge on any atom is 0.350 e. The molecule has 0 aliphatic carbocycles. The first-order chi connectivity index (χ1) is 11.7. The molecule has 0 bridgehead atoms. The van der Waals surface area contributed by atoms with Crippen LogP contribution in [0.1, 0.15) is 11.1 Å². The number of morpholine rings is 1. The zero-order valence-corrected chi connectivity index (χ0v) is 13.6. The number of hydrogen-bond donors (Lipinski definition) is 0. The molecule has 2 aromatic heterocycles. The number of ether oxygens (including phenoxy) is 1. The fourth-order valence-electron chi connectivity index (χ4n) is 3.02. The van der Waals surface area contributed by atoms with Gasteiger partial charge in [-0.05, 0) is 12.5 Å². The molecular weight excluding hydrogens is 306 g/mol. The van der Waals surface area contributed by atoms with Crippen molar-refractivity contribution in [1.29, 1.82) is 0 Å². The Morgan fingerprint density at radius 2 is 2.08 bits per heavy atom. The third-order valence-electron chi connectivity index (χ3n) is 4.21. The quantitative estimate of drug-likeness (QED) is 0.721. The van der Waals surface area contributed by atoms with E-state index in [1.165, 1.54) is 10.2 Å². The lowest BCUT2D eigenvalue weighted by molar-refractivity contribution is 0.122. The van der Waals surface area contributed by atoms with Gasteiger partial charge in [0.15, 0.2) is 5.82 Å². The molecule has 7 heteroatoms. The molecule has 24 heavy (non-hydrogen) atoms. The van der Waals surface area contributed by atoms with E-state index in [-0.39, 0.29) is 5.69 Å². The molecule has 7 nitrogen and oxygen atoms in total. The number of aryl methyl sites for hydroxylation is 1. The van der Waals surface area contributed by atoms with E-state index in [9.17, 15) is 4.79 Å². The molecular formula is C17H19N5O2. The Balaban J connectivity index is 1.75. The predicted octanol–water partition coefficient (Wildman–Crippen LogP) is 1.08. The van der Waals surface area contributed by atoms with Crippen molar-refractivity contribution >= 4 is 11.5 Å². The van der Waals surface area contributed by atoms with Gasteiger partial charge in [-0.2, -0.15) is 0 Å². The van der Waals surface area contributed by atoms with E-state index in [0.717, 1.165) is 24.5 Å². The second kappa shape index (κ2) is 6.09. The fraction of sp³-hybridized carbons (Fsp3) is 0.353. The van der Waals surface area contributed by atoms with Gasteiger partial charge in [0, 0.05) is 25.5 Å². The van der Waals surface area contributed by atoms with Gasteiger partial charge in [-0.3, -0.25) is 0 Å². The Morgan fingerprint density at radius 3 is 2.88 bits per heavy atom. The molecule has 1 aliphatic heterocycles. The highest BCUT2D eigenvalue weighted by Crippen LogP contribution is 2.17. The Morgan fingerprint density at radius 1 is 1.25 bits per heavy atom. The van der Waals surface area contributed by atoms with Crippen LogP contribution in [0.3, 0.4) is 0 Å². The van der Waals surface area contributed by atoms with E-state index in [2.05, 4.69) is 21.0 Å². The zero-order valence-electron chi connectivity index (χ0n) is 13.6. The minimum absolute atomic E-state index is 0.150. The van der Waals surface area contributed by atoms with E-state index in [1.54, 1.807) is 16.8 Å². The molecule has 3 aromatic rings. The second-order valence-electron chi connectivity index (χ2n) is 5.97. The Kier molecular flexibility index (Phi) is 3.78. The van der Waals surface area contributed by atoms with Gasteiger partial charge in [-0.25, -0.2) is 18.9 Å². The zero-order chi connectivity index (χ0) is 16.5. The fourth-order valence-corrected chi connectivity index (χ4v) is 3.02. The Hall–Kier alpha value is -2.67. The van der Waals surface area contributed by atoms with Crippen LogP contribution >= 0.6 is 0 Å². The van der Waals surface area contributed by atoms with Crippen LogP contribution in [-0.4, -0.2) is 45.5 Å². The van der Waals surface area contributed by atoms with E-state index >= 15 is 0 Å². The summed E-state index contributed by atoms with van der Waals surface area (Å²) in [5, 5.41) is 4.53. The predicted molar refractivity (Wildman–Crippen MR) is 90.6 cm³/mol. The lowest BCUT2D eigenvalue weighted by Gasteiger charge is -2.27. The van der Waals surface area contributed by atoms with Crippen molar-refractivity contribution in [2.24, 2.45) is 0 Å². The molecule has 1 saturated heterocycles. The van der Waals surface area contributed by atoms with Gasteiger partial charge in [0.25, 0.3) is 0 Å². The summed E-state index contributed by atoms with van der Waals surface area (Å²) in [6.07, 6.45) is 3.32. The number of anilines is 1. The average molecular weight is 325 g/mol. The van der Waals surface area contributed by atoms with Crippen LogP contribution in [0, 0.1) is 6.92 Å². The maximum atomic E-state index is 12.6. The third-order valence-corrected chi connectivity index (χ3v) is 4.21. The molecule has 0 spiro atoms. The normalized spacial score (nSPS) is 15.1. The SMILES string of the molecule is Cc1cccc(Cn2nc3c(N4CCOCC4)nccn3c2=O)c1. The van der Waals surface area contributed by atoms with Gasteiger partial charge in [0.2, 0.25) is 5.65 Å². The monoisotopic (exact) mass is 325 g/mol. The van der Waals surface area contributed by atoms with Crippen molar-refractivity contribution in [3.05, 3.63) is 58.3 Å². The van der Waals surface area contributed by atoms with Crippen LogP contribution in [-0.2, 0) is 11.3 Å². The third kappa shape index (κ3) is 2.67. The van der Waals surface area contributed by atoms with Gasteiger partial charge in [0.1, 0.15) is 0 Å². The largest absolute Gasteiger partial charge is 0.378 e. The summed E-state index contributed by atoms with van der Waals surface area (Å²) in [6.45, 7) is 5.33. The molecule has 1 fully saturated rings. The molecule has 124 valence electrons. The van der Waals surface area contributed by atoms with Crippen molar-refractivity contribution < 1.29 is 4.74 Å². The summed E-state index contributed by atoms with van der Waals surface area (Å²) < 4.78 is 8.45. The van der Waals surface area contributed by atoms with E-state index in [0.29, 0.717) is 25.4 Å². The minimum atomic E-state index is -0.150. The highest BCUT2D eigenvalue weighted by Gasteiger charge is 2.19. The van der Waals surface area contributed by atoms with E-state index in [4.69, 9.17) is 4.74 Å². The van der Waals surface area contributed by atoms with Crippen molar-refractivity contribution in [2.45, 2.75) is 13.5 Å². The summed E-state index contributed by atoms with van der Waals surface area (Å²) in [5.41, 5.74) is 2.67. The summed E-state index contributed by atoms with van der Waals surface area (Å²) >= 11 is 0. The van der Waals surface area contributed by atoms with Gasteiger partial charge < -0.3 is 9.64 Å². The Bertz CT molecular complexity index is 924. The summed E-state index contributed by atoms with van der Waals surface area (Å²) in [7, 11) is 0. The average Bonchev–Trinajstić information content (AvgIpc) is 2.92. The molecule has 0 saturated carbocycles. The molecule has 3 heterocycles. The summed E-state index contributed by atoms with van der Waals surface area (Å²) in [6, 6.07) is 8.10. The van der Waals surface area contributed by atoms with Crippen LogP contribution in [0.2, 0.25) is 0 Å². The molecule has 0 unspecified atom stereocenters. The Labute approximate surface area is 139 Å². The lowest BCUT2D eigenvalue weighted by atomic mass is 10.1. The van der Waals surface area contributed by atoms with Gasteiger partial charge in [-0.1, -0.05) is 29.8 Å². The highest BCUT2D eigenvalue weighted by molar-refractivity contribution is 5.63. The van der Waals surface area contributed by atoms with Crippen LogP contribution in [0.4, 0.5) is 5.82 Å². The van der Waals surface area contributed by atoms with Gasteiger partial charge >= 0.3 is 5.69 Å². The topological polar surface area (TPSA) is 64.7 Å². The molecule has 0 radical (unpaired) electrons. The first-order valence-corrected chi connectivity index (χ1v) is 8.05. The van der Waals surface area contributed by atoms with Crippen LogP contribution in [0.25, 0.3) is 5.65 Å². The number of rotatable bonds is 3. The summed E-state index contributed by atoms with van der Waals surface area (Å²) in [4.78, 5) is 19.2. The summed E-state index contributed by atoms with van der Waals surface area (Å²) in [5.74, 6) is 0.737. The van der Waals surface area contributed by atoms with Crippen LogP contribution in [0.15, 0.2) is 41.5 Å². The van der Waals surface area contributed by atoms with Crippen molar-refractivity contribution in [3.63, 3.8) is 0 Å². The minimum Gasteiger partial charge on any atom is -0.378 e. The lowest BCUT2D eigenvalue weighted by Crippen LogP contribution is -2.37. The number of fused-ring (bicyclic) bond motifs is 1. The number of aromatic nitrogens is 4. The molecule has 0 N–H and O–H groups in total. The van der Waals surface area contributed by atoms with Crippen molar-refractivity contribution in [3.8, 4) is 0 Å². The number of nitrogens with zero attached hydrogens (tertiary/aromatic N) is 5. The highest BCUT2D eigenvalue weighted by atomic mass is 16.5. The standard InChI is InChI=1S/C17H19N5O2/c1-13-3-2-4-14(11-13)12-22-17(23)21-6-5-18-15(16(21)19-22)20-7-9-24-10-8-20/h2-6,11H,7-10,12H2,1H3. The van der Waals surface area contributed by atoms with E-state index < -0.39 is 0 Å². The van der Waals surface area contributed by atoms with Gasteiger partial charge in [-0.15, -0.1) is 5.10 Å². The molecule has 1 aliphatic rings. The molecule has 4 rings (SSSR count). The van der Waals surface area contributed by atoms with Crippen LogP contribution < -0.4 is 10.6 Å². The van der Waals surface area contributed by atoms with Crippen molar-refractivity contribution in [2.75, 3.05) is 31.2 Å². The second-order valence-corrected chi connectivity index (χ2v) is 5.97. The maximum absolute atomic E-state index is 12.6. The smallest absolute Gasteiger partial charge is 0.350 e.